The second-order valence-corrected chi connectivity index (χ2v) is 12.2. The monoisotopic (exact) mass is 597 g/mol. The van der Waals surface area contributed by atoms with Crippen molar-refractivity contribution >= 4 is 57.2 Å². The van der Waals surface area contributed by atoms with Crippen molar-refractivity contribution in [1.82, 2.24) is 0 Å². The highest BCUT2D eigenvalue weighted by molar-refractivity contribution is 6.31. The number of phenols is 1. The first-order valence-corrected chi connectivity index (χ1v) is 14.5. The average molecular weight is 598 g/mol. The van der Waals surface area contributed by atoms with Crippen LogP contribution in [0.1, 0.15) is 54.1 Å². The molecule has 3 aliphatic carbocycles. The molecule has 0 heterocycles. The van der Waals surface area contributed by atoms with E-state index >= 15 is 0 Å². The van der Waals surface area contributed by atoms with Crippen molar-refractivity contribution in [2.45, 2.75) is 44.6 Å². The highest BCUT2D eigenvalue weighted by atomic mass is 16.3. The number of nitrogens with two attached hydrogens (primary N) is 1. The molecule has 6 N–H and O–H groups in total. The van der Waals surface area contributed by atoms with Crippen LogP contribution < -0.4 is 16.4 Å². The fourth-order valence-corrected chi connectivity index (χ4v) is 7.28. The molecule has 3 aromatic rings. The second-order valence-electron chi connectivity index (χ2n) is 12.2. The molecule has 3 amide bonds. The minimum Gasteiger partial charge on any atom is -0.505 e. The van der Waals surface area contributed by atoms with Crippen LogP contribution in [-0.4, -0.2) is 50.9 Å². The Morgan fingerprint density at radius 1 is 0.955 bits per heavy atom. The van der Waals surface area contributed by atoms with Crippen molar-refractivity contribution in [2.75, 3.05) is 10.6 Å². The number of aliphatic hydroxyl groups is 1. The van der Waals surface area contributed by atoms with Gasteiger partial charge in [0.2, 0.25) is 5.91 Å². The zero-order valence-corrected chi connectivity index (χ0v) is 24.0. The van der Waals surface area contributed by atoms with Gasteiger partial charge in [-0.1, -0.05) is 50.2 Å². The Balaban J connectivity index is 1.36. The van der Waals surface area contributed by atoms with Gasteiger partial charge in [-0.3, -0.25) is 24.0 Å². The van der Waals surface area contributed by atoms with E-state index in [9.17, 15) is 39.0 Å². The molecular weight excluding hydrogens is 566 g/mol. The Hall–Kier alpha value is -4.90. The fraction of sp³-hybridized carbons (Fsp3) is 0.333. The van der Waals surface area contributed by atoms with Crippen molar-refractivity contribution in [3.05, 3.63) is 65.2 Å². The number of Topliss-reactive ketones (excluding diaryl/α,β-unsaturated/α-hetero) is 4. The van der Waals surface area contributed by atoms with Gasteiger partial charge in [-0.25, -0.2) is 4.79 Å². The van der Waals surface area contributed by atoms with Crippen molar-refractivity contribution < 1.29 is 39.0 Å². The van der Waals surface area contributed by atoms with Crippen LogP contribution >= 0.6 is 0 Å². The van der Waals surface area contributed by atoms with Crippen LogP contribution in [0, 0.1) is 23.7 Å². The number of nitrogens with one attached hydrogen (secondary N) is 2. The van der Waals surface area contributed by atoms with Gasteiger partial charge in [-0.15, -0.1) is 0 Å². The first-order valence-electron chi connectivity index (χ1n) is 14.5. The Labute approximate surface area is 251 Å². The van der Waals surface area contributed by atoms with Crippen LogP contribution in [0.2, 0.25) is 0 Å². The number of urea groups is 1. The van der Waals surface area contributed by atoms with Gasteiger partial charge in [-0.05, 0) is 53.3 Å². The van der Waals surface area contributed by atoms with Crippen molar-refractivity contribution in [3.8, 4) is 5.75 Å². The number of anilines is 2. The maximum Gasteiger partial charge on any atom is 0.323 e. The molecule has 0 saturated heterocycles. The zero-order valence-electron chi connectivity index (χ0n) is 24.0. The number of benzene rings is 3. The highest BCUT2D eigenvalue weighted by Crippen LogP contribution is 2.51. The molecule has 2 saturated carbocycles. The van der Waals surface area contributed by atoms with Crippen molar-refractivity contribution in [1.29, 1.82) is 0 Å². The van der Waals surface area contributed by atoms with Gasteiger partial charge in [0.05, 0.1) is 22.9 Å². The highest BCUT2D eigenvalue weighted by Gasteiger charge is 2.66. The van der Waals surface area contributed by atoms with Gasteiger partial charge in [0.25, 0.3) is 0 Å². The third kappa shape index (κ3) is 4.29. The molecule has 3 aromatic carbocycles. The van der Waals surface area contributed by atoms with Gasteiger partial charge < -0.3 is 26.6 Å². The number of fused-ring (bicyclic) bond motifs is 4. The number of primary amides is 1. The molecule has 0 bridgehead atoms. The van der Waals surface area contributed by atoms with Crippen molar-refractivity contribution in [2.24, 2.45) is 29.4 Å². The van der Waals surface area contributed by atoms with Crippen LogP contribution in [0.15, 0.2) is 48.5 Å². The molecule has 2 unspecified atom stereocenters. The van der Waals surface area contributed by atoms with E-state index in [0.29, 0.717) is 16.8 Å². The standard InChI is InChI=1S/C33H31N3O8/c1-14(2)19-13-22(36-32(43)35-21-9-5-7-15-6-3-4-8-18(15)21)27(38)25-20(19)11-16-10-17-12-23(37)26(31(34)42)30(41)33(17,44)29(40)24(16)28(25)39/h3-9,13-14,16-17,24,26,38,44H,10-12H2,1-2H3,(H2,34,42)(H2,35,36,43)/t16-,17+,24?,26?,33+/m1/s1. The Morgan fingerprint density at radius 3 is 2.34 bits per heavy atom. The zero-order chi connectivity index (χ0) is 31.7. The minimum absolute atomic E-state index is 0.00673. The van der Waals surface area contributed by atoms with E-state index in [2.05, 4.69) is 10.6 Å². The number of amides is 3. The molecule has 11 heteroatoms. The number of carbonyl (C=O) groups is 6. The number of ketones is 4. The molecule has 3 aliphatic rings. The summed E-state index contributed by atoms with van der Waals surface area (Å²) in [4.78, 5) is 78.6. The molecule has 0 radical (unpaired) electrons. The number of aromatic hydroxyl groups is 1. The number of hydrogen-bond acceptors (Lipinski definition) is 8. The van der Waals surface area contributed by atoms with Crippen LogP contribution in [0.4, 0.5) is 16.2 Å². The summed E-state index contributed by atoms with van der Waals surface area (Å²) in [6.07, 6.45) is -0.231. The lowest BCUT2D eigenvalue weighted by atomic mass is 9.53. The molecule has 11 nitrogen and oxygen atoms in total. The summed E-state index contributed by atoms with van der Waals surface area (Å²) in [7, 11) is 0. The van der Waals surface area contributed by atoms with E-state index in [-0.39, 0.29) is 30.0 Å². The van der Waals surface area contributed by atoms with E-state index in [1.807, 2.05) is 44.2 Å². The minimum atomic E-state index is -2.73. The summed E-state index contributed by atoms with van der Waals surface area (Å²) in [5.74, 6) is -11.1. The normalized spacial score (nSPS) is 26.2. The first-order chi connectivity index (χ1) is 20.8. The SMILES string of the molecule is CC(C)c1cc(NC(=O)Nc2cccc3ccccc23)c(O)c2c1C[C@H]1C[C@H]3CC(=O)C(C(N)=O)C(=O)[C@@]3(O)C(=O)C1C2=O. The smallest absolute Gasteiger partial charge is 0.323 e. The maximum absolute atomic E-state index is 14.0. The summed E-state index contributed by atoms with van der Waals surface area (Å²) >= 11 is 0. The Morgan fingerprint density at radius 2 is 1.64 bits per heavy atom. The van der Waals surface area contributed by atoms with Gasteiger partial charge in [0, 0.05) is 17.7 Å². The van der Waals surface area contributed by atoms with Gasteiger partial charge in [0.1, 0.15) is 5.75 Å². The largest absolute Gasteiger partial charge is 0.505 e. The molecule has 226 valence electrons. The number of carbonyl (C=O) groups excluding carboxylic acids is 6. The van der Waals surface area contributed by atoms with Crippen LogP contribution in [0.3, 0.4) is 0 Å². The predicted octanol–water partition coefficient (Wildman–Crippen LogP) is 3.25. The molecule has 2 fully saturated rings. The summed E-state index contributed by atoms with van der Waals surface area (Å²) in [6.45, 7) is 3.77. The Kier molecular flexibility index (Phi) is 6.88. The summed E-state index contributed by atoms with van der Waals surface area (Å²) < 4.78 is 0. The fourth-order valence-electron chi connectivity index (χ4n) is 7.28. The van der Waals surface area contributed by atoms with Crippen LogP contribution in [0.25, 0.3) is 10.8 Å². The third-order valence-electron chi connectivity index (χ3n) is 9.34. The van der Waals surface area contributed by atoms with Gasteiger partial charge in [0.15, 0.2) is 34.7 Å². The molecule has 0 aliphatic heterocycles. The van der Waals surface area contributed by atoms with Gasteiger partial charge in [-0.2, -0.15) is 0 Å². The molecule has 5 atom stereocenters. The van der Waals surface area contributed by atoms with Crippen molar-refractivity contribution in [3.63, 3.8) is 0 Å². The lowest BCUT2D eigenvalue weighted by Gasteiger charge is -2.48. The lowest BCUT2D eigenvalue weighted by molar-refractivity contribution is -0.175. The van der Waals surface area contributed by atoms with Gasteiger partial charge >= 0.3 is 6.03 Å². The second kappa shape index (κ2) is 10.4. The Bertz CT molecular complexity index is 1810. The number of phenolic OH excluding ortho intramolecular Hbond substituents is 1. The number of hydrogen-bond donors (Lipinski definition) is 5. The van der Waals surface area contributed by atoms with Crippen LogP contribution in [-0.2, 0) is 25.6 Å². The average Bonchev–Trinajstić information content (AvgIpc) is 2.96. The summed E-state index contributed by atoms with van der Waals surface area (Å²) in [5, 5.41) is 29.9. The lowest BCUT2D eigenvalue weighted by Crippen LogP contribution is -2.68. The number of rotatable bonds is 4. The topological polar surface area (TPSA) is 193 Å². The van der Waals surface area contributed by atoms with E-state index in [1.54, 1.807) is 18.2 Å². The maximum atomic E-state index is 14.0. The molecular formula is C33H31N3O8. The van der Waals surface area contributed by atoms with E-state index in [4.69, 9.17) is 5.73 Å². The van der Waals surface area contributed by atoms with Crippen LogP contribution in [0.5, 0.6) is 5.75 Å². The molecule has 44 heavy (non-hydrogen) atoms. The molecule has 6 rings (SSSR count). The third-order valence-corrected chi connectivity index (χ3v) is 9.34. The van der Waals surface area contributed by atoms with E-state index in [1.165, 1.54) is 0 Å². The quantitative estimate of drug-likeness (QED) is 0.223. The molecule has 0 spiro atoms. The first kappa shape index (κ1) is 29.2. The van der Waals surface area contributed by atoms with E-state index < -0.39 is 76.5 Å². The molecule has 0 aromatic heterocycles. The summed E-state index contributed by atoms with van der Waals surface area (Å²) in [5.41, 5.74) is 4.01. The summed E-state index contributed by atoms with van der Waals surface area (Å²) in [6, 6.07) is 13.8. The van der Waals surface area contributed by atoms with E-state index in [0.717, 1.165) is 10.8 Å². The predicted molar refractivity (Wildman–Crippen MR) is 159 cm³/mol.